The molecule has 0 aliphatic rings. The quantitative estimate of drug-likeness (QED) is 0.445. The van der Waals surface area contributed by atoms with Gasteiger partial charge in [0.1, 0.15) is 5.37 Å². The summed E-state index contributed by atoms with van der Waals surface area (Å²) < 4.78 is 33.8. The molecule has 0 aliphatic heterocycles. The van der Waals surface area contributed by atoms with Gasteiger partial charge in [-0.25, -0.2) is 14.3 Å². The van der Waals surface area contributed by atoms with Gasteiger partial charge in [-0.3, -0.25) is 9.40 Å². The molecule has 0 aliphatic carbocycles. The van der Waals surface area contributed by atoms with Crippen LogP contribution in [0.5, 0.6) is 0 Å². The van der Waals surface area contributed by atoms with Crippen molar-refractivity contribution in [1.82, 2.24) is 0 Å². The summed E-state index contributed by atoms with van der Waals surface area (Å²) in [6, 6.07) is 8.60. The minimum atomic E-state index is -2.77. The fourth-order valence-electron chi connectivity index (χ4n) is 1.22. The van der Waals surface area contributed by atoms with Crippen molar-refractivity contribution < 1.29 is 12.8 Å². The molecule has 1 aromatic rings. The van der Waals surface area contributed by atoms with E-state index in [-0.39, 0.29) is 6.42 Å². The molecule has 0 heterocycles. The summed E-state index contributed by atoms with van der Waals surface area (Å²) in [6.07, 6.45) is -0.121. The molecule has 0 spiro atoms. The summed E-state index contributed by atoms with van der Waals surface area (Å²) in [5.74, 6) is 5.61. The van der Waals surface area contributed by atoms with Gasteiger partial charge < -0.3 is 0 Å². The standard InChI is InChI=1S/C9H13FN2O2S/c10-7-6-9(15(13)14)12(11)8-4-2-1-3-5-8/h1-5,9,15H,6-7,11H2. The van der Waals surface area contributed by atoms with E-state index >= 15 is 0 Å². The number of thiol groups is 1. The van der Waals surface area contributed by atoms with E-state index in [0.717, 1.165) is 5.01 Å². The molecule has 84 valence electrons. The highest BCUT2D eigenvalue weighted by Gasteiger charge is 2.18. The van der Waals surface area contributed by atoms with Gasteiger partial charge in [0.2, 0.25) is 0 Å². The summed E-state index contributed by atoms with van der Waals surface area (Å²) in [5.41, 5.74) is 0.551. The fourth-order valence-corrected chi connectivity index (χ4v) is 1.86. The molecule has 1 unspecified atom stereocenters. The first-order valence-electron chi connectivity index (χ1n) is 4.45. The molecule has 0 saturated heterocycles. The van der Waals surface area contributed by atoms with Crippen molar-refractivity contribution >= 4 is 16.4 Å². The van der Waals surface area contributed by atoms with E-state index in [4.69, 9.17) is 5.84 Å². The lowest BCUT2D eigenvalue weighted by atomic mass is 10.3. The van der Waals surface area contributed by atoms with Crippen molar-refractivity contribution in [2.24, 2.45) is 5.84 Å². The molecule has 1 rings (SSSR count). The lowest BCUT2D eigenvalue weighted by molar-refractivity contribution is 0.455. The van der Waals surface area contributed by atoms with Gasteiger partial charge in [-0.15, -0.1) is 0 Å². The van der Waals surface area contributed by atoms with Crippen LogP contribution in [0.2, 0.25) is 0 Å². The van der Waals surface area contributed by atoms with Crippen molar-refractivity contribution in [2.45, 2.75) is 11.8 Å². The smallest absolute Gasteiger partial charge is 0.162 e. The number of benzene rings is 1. The summed E-state index contributed by atoms with van der Waals surface area (Å²) in [6.45, 7) is -0.714. The highest BCUT2D eigenvalue weighted by molar-refractivity contribution is 7.73. The van der Waals surface area contributed by atoms with Crippen LogP contribution in [-0.4, -0.2) is 20.5 Å². The van der Waals surface area contributed by atoms with Crippen LogP contribution < -0.4 is 10.9 Å². The third kappa shape index (κ3) is 3.17. The molecule has 0 aromatic heterocycles. The summed E-state index contributed by atoms with van der Waals surface area (Å²) in [5, 5.41) is 0.0815. The maximum Gasteiger partial charge on any atom is 0.162 e. The van der Waals surface area contributed by atoms with Crippen LogP contribution >= 0.6 is 0 Å². The Bertz CT molecular complexity index is 362. The first kappa shape index (κ1) is 11.9. The van der Waals surface area contributed by atoms with Crippen molar-refractivity contribution in [3.63, 3.8) is 0 Å². The van der Waals surface area contributed by atoms with E-state index in [1.807, 2.05) is 0 Å². The number of rotatable bonds is 5. The number of anilines is 1. The predicted molar refractivity (Wildman–Crippen MR) is 57.8 cm³/mol. The predicted octanol–water partition coefficient (Wildman–Crippen LogP) is 0.664. The largest absolute Gasteiger partial charge is 0.293 e. The SMILES string of the molecule is NN(c1ccccc1)C(CCF)[SH](=O)=O. The number of para-hydroxylation sites is 1. The number of hydrogen-bond acceptors (Lipinski definition) is 4. The summed E-state index contributed by atoms with van der Waals surface area (Å²) in [7, 11) is -2.77. The molecule has 0 radical (unpaired) electrons. The van der Waals surface area contributed by atoms with E-state index in [1.165, 1.54) is 0 Å². The summed E-state index contributed by atoms with van der Waals surface area (Å²) >= 11 is 0. The van der Waals surface area contributed by atoms with E-state index < -0.39 is 22.8 Å². The van der Waals surface area contributed by atoms with Gasteiger partial charge in [0.25, 0.3) is 0 Å². The van der Waals surface area contributed by atoms with Crippen LogP contribution in [0.4, 0.5) is 10.1 Å². The Labute approximate surface area is 89.4 Å². The second-order valence-corrected chi connectivity index (χ2v) is 4.15. The molecule has 15 heavy (non-hydrogen) atoms. The van der Waals surface area contributed by atoms with Crippen LogP contribution in [-0.2, 0) is 10.7 Å². The first-order valence-corrected chi connectivity index (χ1v) is 5.70. The molecule has 0 amide bonds. The number of hydrazine groups is 1. The van der Waals surface area contributed by atoms with Crippen LogP contribution in [0.25, 0.3) is 0 Å². The van der Waals surface area contributed by atoms with E-state index in [9.17, 15) is 12.8 Å². The van der Waals surface area contributed by atoms with Gasteiger partial charge in [-0.05, 0) is 12.1 Å². The molecular formula is C9H13FN2O2S. The Balaban J connectivity index is 2.85. The lowest BCUT2D eigenvalue weighted by Gasteiger charge is -2.23. The lowest BCUT2D eigenvalue weighted by Crippen LogP contribution is -2.42. The molecule has 0 saturated carbocycles. The monoisotopic (exact) mass is 232 g/mol. The minimum absolute atomic E-state index is 0.121. The Kier molecular flexibility index (Phi) is 4.51. The van der Waals surface area contributed by atoms with Gasteiger partial charge in [-0.2, -0.15) is 0 Å². The fraction of sp³-hybridized carbons (Fsp3) is 0.333. The molecule has 0 bridgehead atoms. The van der Waals surface area contributed by atoms with Crippen LogP contribution in [0.1, 0.15) is 6.42 Å². The normalized spacial score (nSPS) is 12.7. The van der Waals surface area contributed by atoms with Crippen molar-refractivity contribution in [3.8, 4) is 0 Å². The average Bonchev–Trinajstić information content (AvgIpc) is 2.26. The van der Waals surface area contributed by atoms with Crippen LogP contribution in [0, 0.1) is 0 Å². The minimum Gasteiger partial charge on any atom is -0.293 e. The zero-order chi connectivity index (χ0) is 11.3. The van der Waals surface area contributed by atoms with Gasteiger partial charge in [0.05, 0.1) is 12.4 Å². The summed E-state index contributed by atoms with van der Waals surface area (Å²) in [4.78, 5) is 0. The second kappa shape index (κ2) is 5.67. The number of halogens is 1. The molecule has 0 fully saturated rings. The molecular weight excluding hydrogens is 219 g/mol. The number of hydrogen-bond donors (Lipinski definition) is 2. The Morgan fingerprint density at radius 3 is 2.40 bits per heavy atom. The van der Waals surface area contributed by atoms with Crippen LogP contribution in [0.3, 0.4) is 0 Å². The van der Waals surface area contributed by atoms with Gasteiger partial charge in [0, 0.05) is 6.42 Å². The van der Waals surface area contributed by atoms with Crippen LogP contribution in [0.15, 0.2) is 30.3 Å². The topological polar surface area (TPSA) is 63.4 Å². The Hall–Kier alpha value is -1.14. The van der Waals surface area contributed by atoms with E-state index in [1.54, 1.807) is 30.3 Å². The van der Waals surface area contributed by atoms with E-state index in [2.05, 4.69) is 0 Å². The van der Waals surface area contributed by atoms with Crippen molar-refractivity contribution in [2.75, 3.05) is 11.7 Å². The first-order chi connectivity index (χ1) is 7.16. The average molecular weight is 232 g/mol. The second-order valence-electron chi connectivity index (χ2n) is 2.99. The van der Waals surface area contributed by atoms with Gasteiger partial charge in [-0.1, -0.05) is 18.2 Å². The number of alkyl halides is 1. The molecule has 1 aromatic carbocycles. The molecule has 1 atom stereocenters. The number of nitrogens with zero attached hydrogens (tertiary/aromatic N) is 1. The van der Waals surface area contributed by atoms with Gasteiger partial charge >= 0.3 is 0 Å². The molecule has 2 N–H and O–H groups in total. The van der Waals surface area contributed by atoms with E-state index in [0.29, 0.717) is 5.69 Å². The van der Waals surface area contributed by atoms with Crippen molar-refractivity contribution in [1.29, 1.82) is 0 Å². The zero-order valence-corrected chi connectivity index (χ0v) is 8.94. The molecule has 6 heteroatoms. The Morgan fingerprint density at radius 2 is 1.93 bits per heavy atom. The molecule has 4 nitrogen and oxygen atoms in total. The highest BCUT2D eigenvalue weighted by Crippen LogP contribution is 2.14. The zero-order valence-electron chi connectivity index (χ0n) is 8.04. The third-order valence-electron chi connectivity index (χ3n) is 1.99. The maximum atomic E-state index is 12.1. The highest BCUT2D eigenvalue weighted by atomic mass is 32.2. The Morgan fingerprint density at radius 1 is 1.33 bits per heavy atom. The van der Waals surface area contributed by atoms with Gasteiger partial charge in [0.15, 0.2) is 10.7 Å². The number of nitrogens with two attached hydrogens (primary N) is 1. The van der Waals surface area contributed by atoms with Crippen molar-refractivity contribution in [3.05, 3.63) is 30.3 Å². The maximum absolute atomic E-state index is 12.1. The third-order valence-corrected chi connectivity index (χ3v) is 2.98.